The average molecular weight is 248 g/mol. The van der Waals surface area contributed by atoms with E-state index in [0.717, 1.165) is 37.9 Å². The molecule has 0 saturated heterocycles. The Morgan fingerprint density at radius 1 is 1.22 bits per heavy atom. The summed E-state index contributed by atoms with van der Waals surface area (Å²) in [6, 6.07) is 7.74. The molecule has 0 bridgehead atoms. The van der Waals surface area contributed by atoms with Gasteiger partial charge in [0.1, 0.15) is 17.8 Å². The summed E-state index contributed by atoms with van der Waals surface area (Å²) in [4.78, 5) is 11.5. The summed E-state index contributed by atoms with van der Waals surface area (Å²) in [5, 5.41) is 9.43. The molecule has 1 aromatic carbocycles. The lowest BCUT2D eigenvalue weighted by atomic mass is 9.75. The van der Waals surface area contributed by atoms with Crippen molar-refractivity contribution < 1.29 is 14.6 Å². The number of ether oxygens (including phenoxy) is 1. The second-order valence-electron chi connectivity index (χ2n) is 5.25. The first-order chi connectivity index (χ1) is 8.62. The van der Waals surface area contributed by atoms with Crippen LogP contribution in [0, 0.1) is 12.3 Å². The first kappa shape index (κ1) is 12.9. The van der Waals surface area contributed by atoms with Crippen molar-refractivity contribution in [3.63, 3.8) is 0 Å². The molecule has 18 heavy (non-hydrogen) atoms. The molecule has 3 nitrogen and oxygen atoms in total. The fourth-order valence-electron chi connectivity index (χ4n) is 2.50. The van der Waals surface area contributed by atoms with Crippen LogP contribution in [-0.4, -0.2) is 17.7 Å². The summed E-state index contributed by atoms with van der Waals surface area (Å²) in [5.74, 6) is 0.0427. The van der Waals surface area contributed by atoms with Crippen LogP contribution in [0.2, 0.25) is 0 Å². The first-order valence-corrected chi connectivity index (χ1v) is 6.55. The number of aryl methyl sites for hydroxylation is 1. The van der Waals surface area contributed by atoms with Crippen LogP contribution in [-0.2, 0) is 4.79 Å². The van der Waals surface area contributed by atoms with Crippen LogP contribution in [0.4, 0.5) is 0 Å². The van der Waals surface area contributed by atoms with Gasteiger partial charge in [-0.1, -0.05) is 37.0 Å². The van der Waals surface area contributed by atoms with E-state index in [0.29, 0.717) is 0 Å². The number of hydrogen-bond donors (Lipinski definition) is 1. The number of hydrogen-bond acceptors (Lipinski definition) is 2. The standard InChI is InChI=1S/C15H20O3/c1-12-5-7-13(8-6-12)18-11-15(14(16)17)9-3-2-4-10-15/h5-8H,2-4,9-11H2,1H3,(H,16,17). The van der Waals surface area contributed by atoms with E-state index in [1.165, 1.54) is 5.56 Å². The minimum absolute atomic E-state index is 0.283. The number of aliphatic carboxylic acids is 1. The average Bonchev–Trinajstić information content (AvgIpc) is 2.39. The predicted molar refractivity (Wildman–Crippen MR) is 69.8 cm³/mol. The van der Waals surface area contributed by atoms with Crippen molar-refractivity contribution >= 4 is 5.97 Å². The third-order valence-corrected chi connectivity index (χ3v) is 3.80. The molecule has 0 amide bonds. The van der Waals surface area contributed by atoms with Gasteiger partial charge in [0, 0.05) is 0 Å². The van der Waals surface area contributed by atoms with Gasteiger partial charge < -0.3 is 9.84 Å². The lowest BCUT2D eigenvalue weighted by Gasteiger charge is -2.32. The maximum atomic E-state index is 11.5. The predicted octanol–water partition coefficient (Wildman–Crippen LogP) is 3.41. The largest absolute Gasteiger partial charge is 0.492 e. The van der Waals surface area contributed by atoms with Crippen LogP contribution in [0.25, 0.3) is 0 Å². The maximum absolute atomic E-state index is 11.5. The Labute approximate surface area is 108 Å². The molecule has 1 saturated carbocycles. The molecule has 1 N–H and O–H groups in total. The Kier molecular flexibility index (Phi) is 3.90. The first-order valence-electron chi connectivity index (χ1n) is 6.55. The van der Waals surface area contributed by atoms with E-state index in [2.05, 4.69) is 0 Å². The lowest BCUT2D eigenvalue weighted by Crippen LogP contribution is -2.38. The minimum Gasteiger partial charge on any atom is -0.492 e. The van der Waals surface area contributed by atoms with E-state index in [9.17, 15) is 9.90 Å². The molecule has 3 heteroatoms. The molecule has 1 aromatic rings. The Hall–Kier alpha value is -1.51. The number of benzene rings is 1. The van der Waals surface area contributed by atoms with Crippen LogP contribution in [0.3, 0.4) is 0 Å². The summed E-state index contributed by atoms with van der Waals surface area (Å²) in [7, 11) is 0. The highest BCUT2D eigenvalue weighted by atomic mass is 16.5. The van der Waals surface area contributed by atoms with Crippen LogP contribution >= 0.6 is 0 Å². The van der Waals surface area contributed by atoms with Crippen LogP contribution in [0.1, 0.15) is 37.7 Å². The Balaban J connectivity index is 2.01. The van der Waals surface area contributed by atoms with Crippen molar-refractivity contribution in [2.75, 3.05) is 6.61 Å². The zero-order valence-electron chi connectivity index (χ0n) is 10.8. The van der Waals surface area contributed by atoms with Crippen LogP contribution < -0.4 is 4.74 Å². The molecular formula is C15H20O3. The summed E-state index contributed by atoms with van der Waals surface area (Å²) >= 11 is 0. The van der Waals surface area contributed by atoms with Crippen LogP contribution in [0.15, 0.2) is 24.3 Å². The molecule has 0 atom stereocenters. The molecule has 0 aromatic heterocycles. The zero-order chi connectivity index (χ0) is 13.0. The van der Waals surface area contributed by atoms with Gasteiger partial charge in [0.25, 0.3) is 0 Å². The van der Waals surface area contributed by atoms with Gasteiger partial charge in [0.05, 0.1) is 0 Å². The normalized spacial score (nSPS) is 18.3. The van der Waals surface area contributed by atoms with Crippen molar-refractivity contribution in [2.24, 2.45) is 5.41 Å². The van der Waals surface area contributed by atoms with Gasteiger partial charge in [0.15, 0.2) is 0 Å². The Morgan fingerprint density at radius 2 is 1.83 bits per heavy atom. The van der Waals surface area contributed by atoms with E-state index < -0.39 is 11.4 Å². The highest BCUT2D eigenvalue weighted by molar-refractivity contribution is 5.75. The number of carboxylic acids is 1. The second-order valence-corrected chi connectivity index (χ2v) is 5.25. The molecular weight excluding hydrogens is 228 g/mol. The molecule has 0 aliphatic heterocycles. The van der Waals surface area contributed by atoms with Crippen molar-refractivity contribution in [1.29, 1.82) is 0 Å². The van der Waals surface area contributed by atoms with Gasteiger partial charge in [-0.25, -0.2) is 0 Å². The Morgan fingerprint density at radius 3 is 2.39 bits per heavy atom. The van der Waals surface area contributed by atoms with E-state index in [-0.39, 0.29) is 6.61 Å². The molecule has 0 radical (unpaired) electrons. The van der Waals surface area contributed by atoms with E-state index in [1.54, 1.807) is 0 Å². The topological polar surface area (TPSA) is 46.5 Å². The smallest absolute Gasteiger partial charge is 0.313 e. The van der Waals surface area contributed by atoms with Gasteiger partial charge in [-0.05, 0) is 31.9 Å². The van der Waals surface area contributed by atoms with Gasteiger partial charge in [-0.15, -0.1) is 0 Å². The molecule has 0 spiro atoms. The van der Waals surface area contributed by atoms with E-state index in [4.69, 9.17) is 4.74 Å². The molecule has 98 valence electrons. The van der Waals surface area contributed by atoms with Gasteiger partial charge in [0.2, 0.25) is 0 Å². The third kappa shape index (κ3) is 2.84. The number of rotatable bonds is 4. The van der Waals surface area contributed by atoms with Crippen molar-refractivity contribution in [3.05, 3.63) is 29.8 Å². The molecule has 1 aliphatic carbocycles. The summed E-state index contributed by atoms with van der Waals surface area (Å²) < 4.78 is 5.68. The molecule has 1 fully saturated rings. The summed E-state index contributed by atoms with van der Waals surface area (Å²) in [6.07, 6.45) is 4.58. The molecule has 0 heterocycles. The second kappa shape index (κ2) is 5.42. The third-order valence-electron chi connectivity index (χ3n) is 3.80. The highest BCUT2D eigenvalue weighted by Crippen LogP contribution is 2.37. The molecule has 2 rings (SSSR count). The Bertz CT molecular complexity index is 402. The zero-order valence-corrected chi connectivity index (χ0v) is 10.8. The summed E-state index contributed by atoms with van der Waals surface area (Å²) in [6.45, 7) is 2.30. The number of carbonyl (C=O) groups is 1. The van der Waals surface area contributed by atoms with Gasteiger partial charge in [-0.2, -0.15) is 0 Å². The lowest BCUT2D eigenvalue weighted by molar-refractivity contribution is -0.153. The van der Waals surface area contributed by atoms with Crippen LogP contribution in [0.5, 0.6) is 5.75 Å². The summed E-state index contributed by atoms with van der Waals surface area (Å²) in [5.41, 5.74) is 0.497. The van der Waals surface area contributed by atoms with Gasteiger partial charge >= 0.3 is 5.97 Å². The number of carboxylic acid groups (broad SMARTS) is 1. The van der Waals surface area contributed by atoms with Crippen molar-refractivity contribution in [3.8, 4) is 5.75 Å². The minimum atomic E-state index is -0.714. The fourth-order valence-corrected chi connectivity index (χ4v) is 2.50. The van der Waals surface area contributed by atoms with Gasteiger partial charge in [-0.3, -0.25) is 4.79 Å². The highest BCUT2D eigenvalue weighted by Gasteiger charge is 2.40. The monoisotopic (exact) mass is 248 g/mol. The fraction of sp³-hybridized carbons (Fsp3) is 0.533. The van der Waals surface area contributed by atoms with Crippen molar-refractivity contribution in [2.45, 2.75) is 39.0 Å². The quantitative estimate of drug-likeness (QED) is 0.888. The van der Waals surface area contributed by atoms with E-state index in [1.807, 2.05) is 31.2 Å². The molecule has 1 aliphatic rings. The van der Waals surface area contributed by atoms with Crippen molar-refractivity contribution in [1.82, 2.24) is 0 Å². The SMILES string of the molecule is Cc1ccc(OCC2(C(=O)O)CCCCC2)cc1. The van der Waals surface area contributed by atoms with E-state index >= 15 is 0 Å². The molecule has 0 unspecified atom stereocenters. The maximum Gasteiger partial charge on any atom is 0.313 e.